The molecule has 1 aliphatic heterocycles. The number of benzene rings is 2. The van der Waals surface area contributed by atoms with Crippen LogP contribution >= 0.6 is 23.2 Å². The number of rotatable bonds is 4. The van der Waals surface area contributed by atoms with Crippen LogP contribution < -0.4 is 5.32 Å². The largest absolute Gasteiger partial charge is 0.381 e. The lowest BCUT2D eigenvalue weighted by Gasteiger charge is -2.36. The van der Waals surface area contributed by atoms with Gasteiger partial charge in [-0.05, 0) is 36.1 Å². The Labute approximate surface area is 151 Å². The molecule has 0 radical (unpaired) electrons. The van der Waals surface area contributed by atoms with Crippen molar-refractivity contribution in [1.82, 2.24) is 5.32 Å². The quantitative estimate of drug-likeness (QED) is 0.876. The van der Waals surface area contributed by atoms with Crippen molar-refractivity contribution in [3.8, 4) is 0 Å². The lowest BCUT2D eigenvalue weighted by Crippen LogP contribution is -2.47. The van der Waals surface area contributed by atoms with Crippen molar-refractivity contribution in [2.75, 3.05) is 13.2 Å². The van der Waals surface area contributed by atoms with Crippen molar-refractivity contribution in [3.63, 3.8) is 0 Å². The fourth-order valence-electron chi connectivity index (χ4n) is 3.13. The van der Waals surface area contributed by atoms with E-state index in [9.17, 15) is 4.79 Å². The highest BCUT2D eigenvalue weighted by atomic mass is 35.5. The van der Waals surface area contributed by atoms with Crippen molar-refractivity contribution in [3.05, 3.63) is 69.7 Å². The predicted molar refractivity (Wildman–Crippen MR) is 96.5 cm³/mol. The van der Waals surface area contributed by atoms with Crippen LogP contribution in [0, 0.1) is 0 Å². The number of carbonyl (C=O) groups excluding carboxylic acids is 1. The summed E-state index contributed by atoms with van der Waals surface area (Å²) >= 11 is 12.1. The number of amides is 1. The molecular weight excluding hydrogens is 345 g/mol. The molecule has 0 aromatic heterocycles. The molecule has 0 bridgehead atoms. The molecule has 0 spiro atoms. The van der Waals surface area contributed by atoms with Crippen LogP contribution in [-0.4, -0.2) is 19.1 Å². The van der Waals surface area contributed by atoms with E-state index in [0.717, 1.165) is 11.1 Å². The van der Waals surface area contributed by atoms with Crippen molar-refractivity contribution in [1.29, 1.82) is 0 Å². The fourth-order valence-corrected chi connectivity index (χ4v) is 3.61. The lowest BCUT2D eigenvalue weighted by molar-refractivity contribution is -0.130. The molecule has 0 unspecified atom stereocenters. The summed E-state index contributed by atoms with van der Waals surface area (Å²) in [5.41, 5.74) is 1.34. The highest BCUT2D eigenvalue weighted by Gasteiger charge is 2.41. The molecule has 2 aromatic carbocycles. The van der Waals surface area contributed by atoms with Gasteiger partial charge in [-0.1, -0.05) is 59.6 Å². The van der Waals surface area contributed by atoms with Crippen LogP contribution in [0.5, 0.6) is 0 Å². The summed E-state index contributed by atoms with van der Waals surface area (Å²) in [5.74, 6) is 0.0167. The minimum Gasteiger partial charge on any atom is -0.381 e. The van der Waals surface area contributed by atoms with Gasteiger partial charge in [0.05, 0.1) is 5.41 Å². The van der Waals surface area contributed by atoms with Gasteiger partial charge in [0.1, 0.15) is 0 Å². The maximum absolute atomic E-state index is 13.0. The van der Waals surface area contributed by atoms with E-state index >= 15 is 0 Å². The molecule has 1 saturated heterocycles. The first-order valence-corrected chi connectivity index (χ1v) is 8.73. The minimum absolute atomic E-state index is 0.0167. The molecule has 1 heterocycles. The van der Waals surface area contributed by atoms with Gasteiger partial charge >= 0.3 is 0 Å². The molecule has 126 valence electrons. The average molecular weight is 364 g/mol. The highest BCUT2D eigenvalue weighted by molar-refractivity contribution is 6.35. The first-order valence-electron chi connectivity index (χ1n) is 7.97. The standard InChI is InChI=1S/C19H19Cl2NO2/c20-16-7-6-14(17(21)12-16)13-22-18(23)19(8-10-24-11-9-19)15-4-2-1-3-5-15/h1-7,12H,8-11,13H2,(H,22,23). The van der Waals surface area contributed by atoms with Gasteiger partial charge in [0, 0.05) is 29.8 Å². The van der Waals surface area contributed by atoms with Crippen molar-refractivity contribution in [2.45, 2.75) is 24.8 Å². The van der Waals surface area contributed by atoms with Gasteiger partial charge in [0.15, 0.2) is 0 Å². The zero-order valence-corrected chi connectivity index (χ0v) is 14.7. The van der Waals surface area contributed by atoms with Gasteiger partial charge in [-0.15, -0.1) is 0 Å². The third-order valence-corrected chi connectivity index (χ3v) is 5.15. The molecule has 3 nitrogen and oxygen atoms in total. The molecule has 1 aliphatic rings. The monoisotopic (exact) mass is 363 g/mol. The Morgan fingerprint density at radius 1 is 1.08 bits per heavy atom. The van der Waals surface area contributed by atoms with E-state index in [1.807, 2.05) is 36.4 Å². The number of halogens is 2. The van der Waals surface area contributed by atoms with Crippen LogP contribution in [0.4, 0.5) is 0 Å². The van der Waals surface area contributed by atoms with Crippen molar-refractivity contribution < 1.29 is 9.53 Å². The van der Waals surface area contributed by atoms with Gasteiger partial charge in [-0.2, -0.15) is 0 Å². The van der Waals surface area contributed by atoms with Crippen LogP contribution in [-0.2, 0) is 21.5 Å². The number of hydrogen-bond acceptors (Lipinski definition) is 2. The van der Waals surface area contributed by atoms with E-state index in [1.165, 1.54) is 0 Å². The smallest absolute Gasteiger partial charge is 0.231 e. The molecule has 1 fully saturated rings. The summed E-state index contributed by atoms with van der Waals surface area (Å²) in [4.78, 5) is 13.0. The van der Waals surface area contributed by atoms with E-state index in [-0.39, 0.29) is 5.91 Å². The van der Waals surface area contributed by atoms with Crippen molar-refractivity contribution >= 4 is 29.1 Å². The molecule has 1 amide bonds. The SMILES string of the molecule is O=C(NCc1ccc(Cl)cc1Cl)C1(c2ccccc2)CCOCC1. The number of carbonyl (C=O) groups is 1. The zero-order valence-electron chi connectivity index (χ0n) is 13.2. The highest BCUT2D eigenvalue weighted by Crippen LogP contribution is 2.35. The summed E-state index contributed by atoms with van der Waals surface area (Å²) in [6.45, 7) is 1.55. The zero-order chi connectivity index (χ0) is 17.0. The number of ether oxygens (including phenoxy) is 1. The van der Waals surface area contributed by atoms with Gasteiger partial charge in [-0.25, -0.2) is 0 Å². The summed E-state index contributed by atoms with van der Waals surface area (Å²) in [5, 5.41) is 4.19. The molecule has 0 aliphatic carbocycles. The second-order valence-corrected chi connectivity index (χ2v) is 6.82. The van der Waals surface area contributed by atoms with Crippen LogP contribution in [0.15, 0.2) is 48.5 Å². The molecule has 5 heteroatoms. The average Bonchev–Trinajstić information content (AvgIpc) is 2.62. The lowest BCUT2D eigenvalue weighted by atomic mass is 9.73. The van der Waals surface area contributed by atoms with Crippen molar-refractivity contribution in [2.24, 2.45) is 0 Å². The number of nitrogens with one attached hydrogen (secondary N) is 1. The van der Waals surface area contributed by atoms with Gasteiger partial charge < -0.3 is 10.1 Å². The molecule has 0 atom stereocenters. The molecule has 1 N–H and O–H groups in total. The summed E-state index contributed by atoms with van der Waals surface area (Å²) in [6, 6.07) is 15.2. The normalized spacial score (nSPS) is 16.6. The second-order valence-electron chi connectivity index (χ2n) is 5.98. The van der Waals surface area contributed by atoms with E-state index in [4.69, 9.17) is 27.9 Å². The van der Waals surface area contributed by atoms with Gasteiger partial charge in [0.25, 0.3) is 0 Å². The number of hydrogen-bond donors (Lipinski definition) is 1. The Balaban J connectivity index is 1.79. The van der Waals surface area contributed by atoms with Gasteiger partial charge in [-0.3, -0.25) is 4.79 Å². The third kappa shape index (κ3) is 3.59. The van der Waals surface area contributed by atoms with Crippen LogP contribution in [0.2, 0.25) is 10.0 Å². The van der Waals surface area contributed by atoms with E-state index in [2.05, 4.69) is 5.32 Å². The summed E-state index contributed by atoms with van der Waals surface area (Å²) in [6.07, 6.45) is 1.36. The first kappa shape index (κ1) is 17.3. The van der Waals surface area contributed by atoms with Gasteiger partial charge in [0.2, 0.25) is 5.91 Å². The predicted octanol–water partition coefficient (Wildman–Crippen LogP) is 4.36. The molecule has 2 aromatic rings. The minimum atomic E-state index is -0.543. The van der Waals surface area contributed by atoms with Crippen LogP contribution in [0.3, 0.4) is 0 Å². The second kappa shape index (κ2) is 7.56. The fraction of sp³-hybridized carbons (Fsp3) is 0.316. The van der Waals surface area contributed by atoms with E-state index < -0.39 is 5.41 Å². The Hall–Kier alpha value is -1.55. The van der Waals surface area contributed by atoms with Crippen LogP contribution in [0.25, 0.3) is 0 Å². The first-order chi connectivity index (χ1) is 11.6. The molecular formula is C19H19Cl2NO2. The topological polar surface area (TPSA) is 38.3 Å². The third-order valence-electron chi connectivity index (χ3n) is 4.56. The Kier molecular flexibility index (Phi) is 5.44. The summed E-state index contributed by atoms with van der Waals surface area (Å²) < 4.78 is 5.48. The Morgan fingerprint density at radius 3 is 2.46 bits per heavy atom. The maximum atomic E-state index is 13.0. The van der Waals surface area contributed by atoms with Crippen LogP contribution in [0.1, 0.15) is 24.0 Å². The summed E-state index contributed by atoms with van der Waals surface area (Å²) in [7, 11) is 0. The Morgan fingerprint density at radius 2 is 1.79 bits per heavy atom. The molecule has 3 rings (SSSR count). The Bertz CT molecular complexity index is 713. The van der Waals surface area contributed by atoms with E-state index in [0.29, 0.717) is 42.6 Å². The molecule has 24 heavy (non-hydrogen) atoms. The van der Waals surface area contributed by atoms with E-state index in [1.54, 1.807) is 12.1 Å². The molecule has 0 saturated carbocycles. The maximum Gasteiger partial charge on any atom is 0.231 e.